The quantitative estimate of drug-likeness (QED) is 0.407. The van der Waals surface area contributed by atoms with Gasteiger partial charge in [0.25, 0.3) is 0 Å². The van der Waals surface area contributed by atoms with Crippen LogP contribution in [0.2, 0.25) is 0 Å². The summed E-state index contributed by atoms with van der Waals surface area (Å²) in [5, 5.41) is 19.7. The van der Waals surface area contributed by atoms with E-state index in [1.807, 2.05) is 0 Å². The highest BCUT2D eigenvalue weighted by molar-refractivity contribution is 5.95. The molecule has 3 aromatic rings. The van der Waals surface area contributed by atoms with Gasteiger partial charge in [-0.3, -0.25) is 4.79 Å². The maximum atomic E-state index is 16.3. The van der Waals surface area contributed by atoms with Crippen LogP contribution in [0.4, 0.5) is 13.2 Å². The number of hydrogen-bond donors (Lipinski definition) is 2. The number of benzene rings is 2. The minimum absolute atomic E-state index is 0.177. The molecular formula is C28H30F3NO5. The standard InChI is InChI=1S/C28H30F3NO5/c1-4-26(2,3)24-10-17-9-16(20(29)13-21(17)32(24)14-19(34)15-33)11-25(35)27(7-8-27)18-5-6-22-23(12-18)37-28(30,31)36-22/h5-6,9-10,12-13,19,33-34H,4,7-8,11,14-15H2,1-3H3/t19-/m1/s1/i2D3,7D2,8D2,9D,10D,13D,14D2,15D2/t19-,26?. The molecule has 37 heavy (non-hydrogen) atoms. The van der Waals surface area contributed by atoms with E-state index in [1.165, 1.54) is 6.92 Å². The molecule has 2 aliphatic rings. The average Bonchev–Trinajstić information content (AvgIpc) is 3.26. The zero-order valence-electron chi connectivity index (χ0n) is 33.4. The molecule has 1 aliphatic carbocycles. The van der Waals surface area contributed by atoms with E-state index >= 15 is 4.39 Å². The summed E-state index contributed by atoms with van der Waals surface area (Å²) < 4.78 is 170. The van der Waals surface area contributed by atoms with Gasteiger partial charge in [0.1, 0.15) is 11.6 Å². The molecule has 0 bridgehead atoms. The van der Waals surface area contributed by atoms with Crippen LogP contribution in [0.5, 0.6) is 11.5 Å². The number of alkyl halides is 2. The molecular weight excluding hydrogens is 487 g/mol. The van der Waals surface area contributed by atoms with Gasteiger partial charge < -0.3 is 24.3 Å². The summed E-state index contributed by atoms with van der Waals surface area (Å²) in [6.45, 7) is -8.06. The van der Waals surface area contributed by atoms with E-state index < -0.39 is 138 Å². The van der Waals surface area contributed by atoms with Gasteiger partial charge in [0.05, 0.1) is 39.7 Å². The molecule has 0 spiro atoms. The zero-order chi connectivity index (χ0) is 39.0. The predicted molar refractivity (Wildman–Crippen MR) is 131 cm³/mol. The Labute approximate surface area is 232 Å². The van der Waals surface area contributed by atoms with Crippen LogP contribution in [0.25, 0.3) is 10.9 Å². The first-order chi connectivity index (χ1) is 22.9. The molecule has 6 nitrogen and oxygen atoms in total. The van der Waals surface area contributed by atoms with Crippen molar-refractivity contribution in [2.75, 3.05) is 6.56 Å². The Bertz CT molecular complexity index is 1960. The number of ketones is 1. The topological polar surface area (TPSA) is 80.9 Å². The van der Waals surface area contributed by atoms with Crippen molar-refractivity contribution < 1.29 is 56.8 Å². The van der Waals surface area contributed by atoms with Crippen molar-refractivity contribution >= 4 is 16.7 Å². The SMILES string of the molecule is [2H]c1c(CC(=O)C2(c3ccc4c(c3)OC(F)(F)O4)C([2H])([2H])C2([2H])[2H])c(F)c([2H])c2c1c([2H])c(C(C)(CC)C([2H])([2H])[2H])n2C([2H])([2H])[C@@H](O)C([2H])([2H])O. The van der Waals surface area contributed by atoms with E-state index in [0.29, 0.717) is 0 Å². The minimum Gasteiger partial charge on any atom is -0.395 e. The number of carbonyl (C=O) groups is 1. The number of aromatic nitrogens is 1. The van der Waals surface area contributed by atoms with Gasteiger partial charge in [0, 0.05) is 32.5 Å². The van der Waals surface area contributed by atoms with E-state index in [9.17, 15) is 23.8 Å². The molecule has 1 aliphatic heterocycles. The van der Waals surface area contributed by atoms with Crippen molar-refractivity contribution in [2.45, 2.75) is 76.0 Å². The normalized spacial score (nSPS) is 28.9. The maximum absolute atomic E-state index is 16.3. The Hall–Kier alpha value is -3.04. The van der Waals surface area contributed by atoms with Gasteiger partial charge in [-0.1, -0.05) is 26.8 Å². The van der Waals surface area contributed by atoms with Crippen LogP contribution in [0.3, 0.4) is 0 Å². The van der Waals surface area contributed by atoms with Gasteiger partial charge in [0.15, 0.2) is 11.5 Å². The van der Waals surface area contributed by atoms with E-state index in [2.05, 4.69) is 9.47 Å². The van der Waals surface area contributed by atoms with Crippen LogP contribution >= 0.6 is 0 Å². The molecule has 1 unspecified atom stereocenters. The number of nitrogens with zero attached hydrogens (tertiary/aromatic N) is 1. The number of fused-ring (bicyclic) bond motifs is 2. The monoisotopic (exact) mass is 531 g/mol. The fraction of sp³-hybridized carbons (Fsp3) is 0.464. The first-order valence-electron chi connectivity index (χ1n) is 18.1. The van der Waals surface area contributed by atoms with Crippen LogP contribution in [0.15, 0.2) is 36.3 Å². The second-order valence-corrected chi connectivity index (χ2v) is 8.85. The fourth-order valence-electron chi connectivity index (χ4n) is 3.99. The number of hydrogen-bond acceptors (Lipinski definition) is 5. The molecule has 0 radical (unpaired) electrons. The van der Waals surface area contributed by atoms with Crippen molar-refractivity contribution in [1.29, 1.82) is 0 Å². The lowest BCUT2D eigenvalue weighted by molar-refractivity contribution is -0.286. The Morgan fingerprint density at radius 3 is 2.70 bits per heavy atom. The van der Waals surface area contributed by atoms with E-state index in [4.69, 9.17) is 19.2 Å². The first-order valence-corrected chi connectivity index (χ1v) is 11.1. The molecule has 1 aromatic heterocycles. The number of carbonyl (C=O) groups excluding carboxylic acids is 1. The van der Waals surface area contributed by atoms with Crippen LogP contribution in [0.1, 0.15) is 75.9 Å². The smallest absolute Gasteiger partial charge is 0.395 e. The molecule has 1 saturated carbocycles. The number of rotatable bonds is 9. The summed E-state index contributed by atoms with van der Waals surface area (Å²) in [7, 11) is 0. The molecule has 2 atom stereocenters. The van der Waals surface area contributed by atoms with Crippen molar-refractivity contribution in [3.8, 4) is 11.5 Å². The van der Waals surface area contributed by atoms with E-state index in [-0.39, 0.29) is 4.57 Å². The van der Waals surface area contributed by atoms with Crippen LogP contribution in [0, 0.1) is 5.82 Å². The van der Waals surface area contributed by atoms with Crippen molar-refractivity contribution in [1.82, 2.24) is 4.57 Å². The number of aliphatic hydroxyl groups excluding tert-OH is 1. The summed E-state index contributed by atoms with van der Waals surface area (Å²) in [6, 6.07) is -0.933. The Kier molecular flexibility index (Phi) is 3.24. The van der Waals surface area contributed by atoms with Gasteiger partial charge in [-0.05, 0) is 60.6 Å². The molecule has 0 amide bonds. The molecule has 0 saturated heterocycles. The first kappa shape index (κ1) is 13.7. The molecule has 1 fully saturated rings. The van der Waals surface area contributed by atoms with E-state index in [1.54, 1.807) is 0 Å². The van der Waals surface area contributed by atoms with Crippen LogP contribution in [-0.2, 0) is 28.5 Å². The minimum atomic E-state index is -4.13. The summed E-state index contributed by atoms with van der Waals surface area (Å²) in [6.07, 6.45) is -15.0. The Morgan fingerprint density at radius 2 is 2.05 bits per heavy atom. The van der Waals surface area contributed by atoms with Gasteiger partial charge in [-0.25, -0.2) is 4.39 Å². The van der Waals surface area contributed by atoms with Crippen molar-refractivity contribution in [2.24, 2.45) is 0 Å². The second-order valence-electron chi connectivity index (χ2n) is 8.85. The zero-order valence-corrected chi connectivity index (χ0v) is 19.4. The number of ether oxygens (including phenoxy) is 2. The maximum Gasteiger partial charge on any atom is 0.586 e. The highest BCUT2D eigenvalue weighted by Crippen LogP contribution is 2.52. The van der Waals surface area contributed by atoms with Crippen molar-refractivity contribution in [3.63, 3.8) is 0 Å². The van der Waals surface area contributed by atoms with Gasteiger partial charge in [0.2, 0.25) is 0 Å². The van der Waals surface area contributed by atoms with Gasteiger partial charge in [-0.15, -0.1) is 8.78 Å². The van der Waals surface area contributed by atoms with Gasteiger partial charge >= 0.3 is 6.29 Å². The lowest BCUT2D eigenvalue weighted by Crippen LogP contribution is -2.26. The third kappa shape index (κ3) is 4.48. The summed E-state index contributed by atoms with van der Waals surface area (Å²) >= 11 is 0. The Morgan fingerprint density at radius 1 is 1.32 bits per heavy atom. The average molecular weight is 532 g/mol. The van der Waals surface area contributed by atoms with Crippen LogP contribution < -0.4 is 9.47 Å². The molecule has 198 valence electrons. The summed E-state index contributed by atoms with van der Waals surface area (Å²) in [5.74, 6) is -4.39. The summed E-state index contributed by atoms with van der Waals surface area (Å²) in [5.41, 5.74) is -8.50. The number of halogens is 3. The number of aliphatic hydroxyl groups is 2. The lowest BCUT2D eigenvalue weighted by Gasteiger charge is -2.26. The number of Topliss-reactive ketones (excluding diaryl/α,β-unsaturated/α-hetero) is 1. The highest BCUT2D eigenvalue weighted by atomic mass is 19.3. The molecule has 2 heterocycles. The fourth-order valence-corrected chi connectivity index (χ4v) is 3.99. The largest absolute Gasteiger partial charge is 0.586 e. The molecule has 2 N–H and O–H groups in total. The lowest BCUT2D eigenvalue weighted by atomic mass is 9.86. The Balaban J connectivity index is 1.78. The van der Waals surface area contributed by atoms with E-state index in [0.717, 1.165) is 25.1 Å². The predicted octanol–water partition coefficient (Wildman–Crippen LogP) is 4.99. The third-order valence-electron chi connectivity index (χ3n) is 6.26. The molecule has 9 heteroatoms. The molecule has 5 rings (SSSR count). The second kappa shape index (κ2) is 8.77. The van der Waals surface area contributed by atoms with Crippen molar-refractivity contribution in [3.05, 3.63) is 59.0 Å². The third-order valence-corrected chi connectivity index (χ3v) is 6.26. The van der Waals surface area contributed by atoms with Crippen LogP contribution in [-0.4, -0.2) is 39.5 Å². The summed E-state index contributed by atoms with van der Waals surface area (Å²) in [4.78, 5) is 14.1. The highest BCUT2D eigenvalue weighted by Gasteiger charge is 2.52. The molecule has 2 aromatic carbocycles. The van der Waals surface area contributed by atoms with Gasteiger partial charge in [-0.2, -0.15) is 0 Å².